The lowest BCUT2D eigenvalue weighted by Crippen LogP contribution is -2.48. The molecule has 4 heteroatoms. The van der Waals surface area contributed by atoms with Crippen molar-refractivity contribution in [2.75, 3.05) is 13.2 Å². The summed E-state index contributed by atoms with van der Waals surface area (Å²) in [6.45, 7) is 7.70. The molecule has 1 atom stereocenters. The van der Waals surface area contributed by atoms with Crippen LogP contribution in [-0.4, -0.2) is 40.6 Å². The zero-order valence-corrected chi connectivity index (χ0v) is 13.6. The largest absolute Gasteiger partial charge is 0.375 e. The molecule has 22 heavy (non-hydrogen) atoms. The number of aromatic nitrogens is 1. The molecule has 2 aromatic rings. The third-order valence-corrected chi connectivity index (χ3v) is 4.51. The van der Waals surface area contributed by atoms with Crippen LogP contribution < -0.4 is 0 Å². The number of carbonyl (C=O) groups is 1. The molecule has 1 aliphatic rings. The Morgan fingerprint density at radius 1 is 1.41 bits per heavy atom. The minimum absolute atomic E-state index is 0.119. The lowest BCUT2D eigenvalue weighted by Gasteiger charge is -2.41. The average molecular weight is 300 g/mol. The van der Waals surface area contributed by atoms with E-state index < -0.39 is 0 Å². The summed E-state index contributed by atoms with van der Waals surface area (Å²) in [5.41, 5.74) is 1.67. The van der Waals surface area contributed by atoms with E-state index in [1.54, 1.807) is 0 Å². The maximum Gasteiger partial charge on any atom is 0.254 e. The number of rotatable bonds is 3. The molecule has 0 aliphatic carbocycles. The first-order chi connectivity index (χ1) is 10.5. The van der Waals surface area contributed by atoms with Crippen molar-refractivity contribution in [1.29, 1.82) is 0 Å². The number of hydrogen-bond donors (Lipinski definition) is 1. The van der Waals surface area contributed by atoms with Gasteiger partial charge in [-0.05, 0) is 57.9 Å². The van der Waals surface area contributed by atoms with Crippen molar-refractivity contribution >= 4 is 16.8 Å². The third-order valence-electron chi connectivity index (χ3n) is 4.51. The number of fused-ring (bicyclic) bond motifs is 1. The number of nitrogens with zero attached hydrogens (tertiary/aromatic N) is 1. The fourth-order valence-corrected chi connectivity index (χ4v) is 3.39. The molecule has 0 bridgehead atoms. The molecule has 0 saturated carbocycles. The highest BCUT2D eigenvalue weighted by Crippen LogP contribution is 2.28. The summed E-state index contributed by atoms with van der Waals surface area (Å²) >= 11 is 0. The summed E-state index contributed by atoms with van der Waals surface area (Å²) in [5.74, 6) is 0.119. The van der Waals surface area contributed by atoms with Crippen LogP contribution in [0.15, 0.2) is 30.5 Å². The van der Waals surface area contributed by atoms with Crippen molar-refractivity contribution in [2.24, 2.45) is 0 Å². The summed E-state index contributed by atoms with van der Waals surface area (Å²) in [6.07, 6.45) is 3.70. The van der Waals surface area contributed by atoms with Crippen molar-refractivity contribution in [2.45, 2.75) is 45.3 Å². The topological polar surface area (TPSA) is 45.3 Å². The standard InChI is InChI=1S/C18H24N2O2/c1-4-20(15-8-10-22-18(2,3)12-15)17(21)14-5-6-16-13(11-14)7-9-19-16/h5-7,9,11,15,19H,4,8,10,12H2,1-3H3. The minimum Gasteiger partial charge on any atom is -0.375 e. The summed E-state index contributed by atoms with van der Waals surface area (Å²) in [5, 5.41) is 1.08. The molecule has 1 N–H and O–H groups in total. The molecular formula is C18H24N2O2. The van der Waals surface area contributed by atoms with E-state index in [9.17, 15) is 4.79 Å². The average Bonchev–Trinajstić information content (AvgIpc) is 2.94. The molecule has 2 heterocycles. The van der Waals surface area contributed by atoms with E-state index in [4.69, 9.17) is 4.74 Å². The van der Waals surface area contributed by atoms with Gasteiger partial charge in [0.2, 0.25) is 0 Å². The van der Waals surface area contributed by atoms with Crippen LogP contribution in [0.1, 0.15) is 44.0 Å². The van der Waals surface area contributed by atoms with Gasteiger partial charge in [0.05, 0.1) is 5.60 Å². The van der Waals surface area contributed by atoms with Crippen LogP contribution in [0.3, 0.4) is 0 Å². The predicted octanol–water partition coefficient (Wildman–Crippen LogP) is 3.59. The van der Waals surface area contributed by atoms with Crippen LogP contribution in [-0.2, 0) is 4.74 Å². The third kappa shape index (κ3) is 2.88. The molecule has 1 fully saturated rings. The number of aromatic amines is 1. The van der Waals surface area contributed by atoms with Gasteiger partial charge in [0.25, 0.3) is 5.91 Å². The fraction of sp³-hybridized carbons (Fsp3) is 0.500. The van der Waals surface area contributed by atoms with Crippen molar-refractivity contribution in [3.8, 4) is 0 Å². The SMILES string of the molecule is CCN(C(=O)c1ccc2[nH]ccc2c1)C1CCOC(C)(C)C1. The molecule has 1 aromatic carbocycles. The molecular weight excluding hydrogens is 276 g/mol. The van der Waals surface area contributed by atoms with Gasteiger partial charge in [-0.1, -0.05) is 0 Å². The Morgan fingerprint density at radius 2 is 2.23 bits per heavy atom. The van der Waals surface area contributed by atoms with E-state index in [2.05, 4.69) is 25.8 Å². The van der Waals surface area contributed by atoms with E-state index in [-0.39, 0.29) is 17.6 Å². The van der Waals surface area contributed by atoms with Gasteiger partial charge < -0.3 is 14.6 Å². The normalized spacial score (nSPS) is 21.0. The van der Waals surface area contributed by atoms with Gasteiger partial charge in [-0.2, -0.15) is 0 Å². The molecule has 0 spiro atoms. The fourth-order valence-electron chi connectivity index (χ4n) is 3.39. The lowest BCUT2D eigenvalue weighted by molar-refractivity contribution is -0.0777. The number of carbonyl (C=O) groups excluding carboxylic acids is 1. The summed E-state index contributed by atoms with van der Waals surface area (Å²) in [4.78, 5) is 18.1. The van der Waals surface area contributed by atoms with Crippen molar-refractivity contribution in [3.63, 3.8) is 0 Å². The molecule has 118 valence electrons. The maximum absolute atomic E-state index is 12.9. The first kappa shape index (κ1) is 15.1. The first-order valence-electron chi connectivity index (χ1n) is 8.02. The number of hydrogen-bond acceptors (Lipinski definition) is 2. The number of ether oxygens (including phenoxy) is 1. The lowest BCUT2D eigenvalue weighted by atomic mass is 9.92. The summed E-state index contributed by atoms with van der Waals surface area (Å²) < 4.78 is 5.78. The molecule has 1 aromatic heterocycles. The van der Waals surface area contributed by atoms with Gasteiger partial charge >= 0.3 is 0 Å². The minimum atomic E-state index is -0.152. The molecule has 3 rings (SSSR count). The smallest absolute Gasteiger partial charge is 0.254 e. The number of benzene rings is 1. The van der Waals surface area contributed by atoms with Crippen LogP contribution in [0, 0.1) is 0 Å². The Hall–Kier alpha value is -1.81. The van der Waals surface area contributed by atoms with Gasteiger partial charge in [0, 0.05) is 41.9 Å². The Labute approximate surface area is 131 Å². The van der Waals surface area contributed by atoms with Crippen LogP contribution >= 0.6 is 0 Å². The van der Waals surface area contributed by atoms with Crippen LogP contribution in [0.5, 0.6) is 0 Å². The van der Waals surface area contributed by atoms with Crippen molar-refractivity contribution in [1.82, 2.24) is 9.88 Å². The Morgan fingerprint density at radius 3 is 2.95 bits per heavy atom. The van der Waals surface area contributed by atoms with E-state index in [1.807, 2.05) is 35.4 Å². The summed E-state index contributed by atoms with van der Waals surface area (Å²) in [6, 6.07) is 8.11. The van der Waals surface area contributed by atoms with Crippen molar-refractivity contribution < 1.29 is 9.53 Å². The zero-order chi connectivity index (χ0) is 15.7. The highest BCUT2D eigenvalue weighted by molar-refractivity contribution is 5.98. The number of H-pyrrole nitrogens is 1. The second-order valence-corrected chi connectivity index (χ2v) is 6.63. The van der Waals surface area contributed by atoms with Gasteiger partial charge in [-0.15, -0.1) is 0 Å². The molecule has 1 amide bonds. The monoisotopic (exact) mass is 300 g/mol. The van der Waals surface area contributed by atoms with Gasteiger partial charge in [-0.3, -0.25) is 4.79 Å². The maximum atomic E-state index is 12.9. The van der Waals surface area contributed by atoms with Gasteiger partial charge in [-0.25, -0.2) is 0 Å². The second kappa shape index (κ2) is 5.76. The number of nitrogens with one attached hydrogen (secondary N) is 1. The Bertz CT molecular complexity index is 675. The van der Waals surface area contributed by atoms with Gasteiger partial charge in [0.15, 0.2) is 0 Å². The quantitative estimate of drug-likeness (QED) is 0.941. The van der Waals surface area contributed by atoms with E-state index in [0.717, 1.165) is 42.5 Å². The molecule has 1 unspecified atom stereocenters. The molecule has 4 nitrogen and oxygen atoms in total. The Balaban J connectivity index is 1.84. The predicted molar refractivity (Wildman–Crippen MR) is 88.1 cm³/mol. The second-order valence-electron chi connectivity index (χ2n) is 6.63. The first-order valence-corrected chi connectivity index (χ1v) is 8.02. The summed E-state index contributed by atoms with van der Waals surface area (Å²) in [7, 11) is 0. The van der Waals surface area contributed by atoms with Crippen LogP contribution in [0.4, 0.5) is 0 Å². The molecule has 1 saturated heterocycles. The van der Waals surface area contributed by atoms with E-state index in [0.29, 0.717) is 0 Å². The van der Waals surface area contributed by atoms with Crippen LogP contribution in [0.2, 0.25) is 0 Å². The highest BCUT2D eigenvalue weighted by Gasteiger charge is 2.34. The van der Waals surface area contributed by atoms with E-state index >= 15 is 0 Å². The molecule has 1 aliphatic heterocycles. The van der Waals surface area contributed by atoms with Gasteiger partial charge in [0.1, 0.15) is 0 Å². The van der Waals surface area contributed by atoms with Crippen LogP contribution in [0.25, 0.3) is 10.9 Å². The highest BCUT2D eigenvalue weighted by atomic mass is 16.5. The zero-order valence-electron chi connectivity index (χ0n) is 13.6. The number of amides is 1. The molecule has 0 radical (unpaired) electrons. The Kier molecular flexibility index (Phi) is 3.96. The van der Waals surface area contributed by atoms with Crippen molar-refractivity contribution in [3.05, 3.63) is 36.0 Å². The van der Waals surface area contributed by atoms with E-state index in [1.165, 1.54) is 0 Å².